The number of carbonyl (C=O) groups is 1. The lowest BCUT2D eigenvalue weighted by molar-refractivity contribution is 0.102. The molecule has 0 fully saturated rings. The van der Waals surface area contributed by atoms with Gasteiger partial charge in [-0.15, -0.1) is 0 Å². The molecule has 1 amide bonds. The van der Waals surface area contributed by atoms with E-state index < -0.39 is 9.84 Å². The van der Waals surface area contributed by atoms with Crippen molar-refractivity contribution in [2.45, 2.75) is 25.7 Å². The van der Waals surface area contributed by atoms with Crippen LogP contribution in [0, 0.1) is 6.92 Å². The van der Waals surface area contributed by atoms with Crippen LogP contribution in [0.1, 0.15) is 29.8 Å². The quantitative estimate of drug-likeness (QED) is 0.856. The molecule has 0 aliphatic heterocycles. The van der Waals surface area contributed by atoms with Gasteiger partial charge in [-0.05, 0) is 62.7 Å². The normalized spacial score (nSPS) is 11.2. The van der Waals surface area contributed by atoms with Crippen molar-refractivity contribution < 1.29 is 13.2 Å². The number of rotatable bonds is 6. The van der Waals surface area contributed by atoms with Crippen molar-refractivity contribution in [2.75, 3.05) is 29.6 Å². The fourth-order valence-corrected chi connectivity index (χ4v) is 3.30. The van der Waals surface area contributed by atoms with E-state index in [1.807, 2.05) is 25.1 Å². The summed E-state index contributed by atoms with van der Waals surface area (Å²) >= 11 is 0. The molecule has 134 valence electrons. The zero-order valence-corrected chi connectivity index (χ0v) is 15.9. The van der Waals surface area contributed by atoms with Gasteiger partial charge in [-0.2, -0.15) is 0 Å². The topological polar surface area (TPSA) is 66.5 Å². The highest BCUT2D eigenvalue weighted by atomic mass is 32.2. The minimum Gasteiger partial charge on any atom is -0.372 e. The summed E-state index contributed by atoms with van der Waals surface area (Å²) in [7, 11) is -3.35. The molecule has 0 aliphatic rings. The smallest absolute Gasteiger partial charge is 0.255 e. The largest absolute Gasteiger partial charge is 0.372 e. The van der Waals surface area contributed by atoms with Crippen LogP contribution < -0.4 is 10.2 Å². The van der Waals surface area contributed by atoms with Gasteiger partial charge in [0.25, 0.3) is 5.91 Å². The van der Waals surface area contributed by atoms with Gasteiger partial charge in [-0.1, -0.05) is 6.07 Å². The van der Waals surface area contributed by atoms with E-state index in [0.717, 1.165) is 30.6 Å². The number of amides is 1. The van der Waals surface area contributed by atoms with E-state index in [4.69, 9.17) is 0 Å². The van der Waals surface area contributed by atoms with Crippen molar-refractivity contribution in [3.63, 3.8) is 0 Å². The molecule has 0 saturated heterocycles. The summed E-state index contributed by atoms with van der Waals surface area (Å²) in [5.41, 5.74) is 3.09. The fraction of sp³-hybridized carbons (Fsp3) is 0.316. The highest BCUT2D eigenvalue weighted by molar-refractivity contribution is 7.90. The maximum absolute atomic E-state index is 12.5. The maximum atomic E-state index is 12.5. The lowest BCUT2D eigenvalue weighted by Crippen LogP contribution is -2.22. The van der Waals surface area contributed by atoms with Crippen LogP contribution in [0.3, 0.4) is 0 Å². The number of anilines is 2. The molecule has 2 aromatic rings. The number of hydrogen-bond acceptors (Lipinski definition) is 4. The third-order valence-electron chi connectivity index (χ3n) is 4.11. The van der Waals surface area contributed by atoms with Crippen molar-refractivity contribution in [1.29, 1.82) is 0 Å². The third-order valence-corrected chi connectivity index (χ3v) is 5.22. The summed E-state index contributed by atoms with van der Waals surface area (Å²) in [6.45, 7) is 7.97. The van der Waals surface area contributed by atoms with Gasteiger partial charge in [0, 0.05) is 36.3 Å². The number of carbonyl (C=O) groups excluding carboxylic acids is 1. The molecule has 1 N–H and O–H groups in total. The Hall–Kier alpha value is -2.34. The summed E-state index contributed by atoms with van der Waals surface area (Å²) in [6, 6.07) is 11.9. The minimum atomic E-state index is -3.35. The van der Waals surface area contributed by atoms with Gasteiger partial charge in [-0.25, -0.2) is 8.42 Å². The van der Waals surface area contributed by atoms with Gasteiger partial charge in [0.05, 0.1) is 4.90 Å². The minimum absolute atomic E-state index is 0.133. The van der Waals surface area contributed by atoms with Gasteiger partial charge < -0.3 is 10.2 Å². The summed E-state index contributed by atoms with van der Waals surface area (Å²) < 4.78 is 23.3. The first-order valence-corrected chi connectivity index (χ1v) is 10.1. The lowest BCUT2D eigenvalue weighted by Gasteiger charge is -2.22. The number of hydrogen-bond donors (Lipinski definition) is 1. The maximum Gasteiger partial charge on any atom is 0.255 e. The highest BCUT2D eigenvalue weighted by Gasteiger charge is 2.13. The Morgan fingerprint density at radius 1 is 1.08 bits per heavy atom. The molecule has 0 radical (unpaired) electrons. The van der Waals surface area contributed by atoms with Crippen molar-refractivity contribution in [3.8, 4) is 0 Å². The molecule has 25 heavy (non-hydrogen) atoms. The predicted molar refractivity (Wildman–Crippen MR) is 102 cm³/mol. The van der Waals surface area contributed by atoms with Crippen LogP contribution in [0.4, 0.5) is 11.4 Å². The van der Waals surface area contributed by atoms with Gasteiger partial charge >= 0.3 is 0 Å². The molecule has 5 nitrogen and oxygen atoms in total. The van der Waals surface area contributed by atoms with Crippen molar-refractivity contribution in [3.05, 3.63) is 53.6 Å². The highest BCUT2D eigenvalue weighted by Crippen LogP contribution is 2.23. The van der Waals surface area contributed by atoms with Crippen LogP contribution in [-0.2, 0) is 9.84 Å². The van der Waals surface area contributed by atoms with Crippen molar-refractivity contribution in [2.24, 2.45) is 0 Å². The monoisotopic (exact) mass is 360 g/mol. The Kier molecular flexibility index (Phi) is 5.85. The van der Waals surface area contributed by atoms with Crippen LogP contribution in [-0.4, -0.2) is 33.7 Å². The van der Waals surface area contributed by atoms with Crippen molar-refractivity contribution >= 4 is 27.1 Å². The second-order valence-corrected chi connectivity index (χ2v) is 7.94. The van der Waals surface area contributed by atoms with Crippen molar-refractivity contribution in [1.82, 2.24) is 0 Å². The zero-order valence-electron chi connectivity index (χ0n) is 15.0. The number of sulfone groups is 1. The Bertz CT molecular complexity index is 872. The van der Waals surface area contributed by atoms with E-state index in [1.165, 1.54) is 12.1 Å². The average Bonchev–Trinajstić information content (AvgIpc) is 2.57. The van der Waals surface area contributed by atoms with Crippen LogP contribution in [0.2, 0.25) is 0 Å². The molecule has 0 aliphatic carbocycles. The van der Waals surface area contributed by atoms with E-state index in [1.54, 1.807) is 12.1 Å². The first-order valence-electron chi connectivity index (χ1n) is 8.23. The van der Waals surface area contributed by atoms with E-state index >= 15 is 0 Å². The average molecular weight is 360 g/mol. The molecule has 0 unspecified atom stereocenters. The Morgan fingerprint density at radius 2 is 1.76 bits per heavy atom. The van der Waals surface area contributed by atoms with E-state index in [-0.39, 0.29) is 10.8 Å². The predicted octanol–water partition coefficient (Wildman–Crippen LogP) is 3.50. The molecule has 0 heterocycles. The molecular weight excluding hydrogens is 336 g/mol. The number of nitrogens with one attached hydrogen (secondary N) is 1. The van der Waals surface area contributed by atoms with Crippen LogP contribution >= 0.6 is 0 Å². The van der Waals surface area contributed by atoms with Gasteiger partial charge in [0.15, 0.2) is 9.84 Å². The molecule has 0 aromatic heterocycles. The third kappa shape index (κ3) is 4.60. The van der Waals surface area contributed by atoms with E-state index in [2.05, 4.69) is 24.1 Å². The molecule has 6 heteroatoms. The molecule has 2 aromatic carbocycles. The van der Waals surface area contributed by atoms with E-state index in [9.17, 15) is 13.2 Å². The molecule has 2 rings (SSSR count). The molecule has 0 spiro atoms. The Morgan fingerprint density at radius 3 is 2.32 bits per heavy atom. The molecule has 0 atom stereocenters. The van der Waals surface area contributed by atoms with E-state index in [0.29, 0.717) is 11.3 Å². The summed E-state index contributed by atoms with van der Waals surface area (Å²) in [6.07, 6.45) is 1.13. The first-order chi connectivity index (χ1) is 11.8. The van der Waals surface area contributed by atoms with Crippen LogP contribution in [0.15, 0.2) is 47.4 Å². The molecule has 0 bridgehead atoms. The number of nitrogens with zero attached hydrogens (tertiary/aromatic N) is 1. The number of aryl methyl sites for hydroxylation is 1. The zero-order chi connectivity index (χ0) is 18.6. The molecular formula is C19H24N2O3S. The van der Waals surface area contributed by atoms with Crippen LogP contribution in [0.25, 0.3) is 0 Å². The number of benzene rings is 2. The second-order valence-electron chi connectivity index (χ2n) is 5.93. The SMILES string of the molecule is CCN(CC)c1ccc(NC(=O)c2cccc(S(C)(=O)=O)c2)c(C)c1. The second kappa shape index (κ2) is 7.70. The van der Waals surface area contributed by atoms with Gasteiger partial charge in [0.2, 0.25) is 0 Å². The summed E-state index contributed by atoms with van der Waals surface area (Å²) in [5, 5.41) is 2.86. The standard InChI is InChI=1S/C19H24N2O3S/c1-5-21(6-2)16-10-11-18(14(3)12-16)20-19(22)15-8-7-9-17(13-15)25(4,23)24/h7-13H,5-6H2,1-4H3,(H,20,22). The van der Waals surface area contributed by atoms with Gasteiger partial charge in [0.1, 0.15) is 0 Å². The van der Waals surface area contributed by atoms with Gasteiger partial charge in [-0.3, -0.25) is 4.79 Å². The summed E-state index contributed by atoms with van der Waals surface area (Å²) in [4.78, 5) is 14.8. The fourth-order valence-electron chi connectivity index (χ4n) is 2.64. The summed E-state index contributed by atoms with van der Waals surface area (Å²) in [5.74, 6) is -0.329. The Balaban J connectivity index is 2.24. The van der Waals surface area contributed by atoms with Crippen LogP contribution in [0.5, 0.6) is 0 Å². The first kappa shape index (κ1) is 19.0. The molecule has 0 saturated carbocycles. The lowest BCUT2D eigenvalue weighted by atomic mass is 10.1. The Labute approximate surface area is 149 Å².